The number of oxime groups is 1. The predicted molar refractivity (Wildman–Crippen MR) is 110 cm³/mol. The Morgan fingerprint density at radius 1 is 1.24 bits per heavy atom. The van der Waals surface area contributed by atoms with Crippen molar-refractivity contribution >= 4 is 54.8 Å². The quantitative estimate of drug-likeness (QED) is 0.523. The average Bonchev–Trinajstić information content (AvgIpc) is 2.99. The Hall–Kier alpha value is -3.20. The van der Waals surface area contributed by atoms with Crippen molar-refractivity contribution in [2.75, 3.05) is 18.1 Å². The molecule has 0 bridgehead atoms. The number of sulfone groups is 1. The zero-order valence-corrected chi connectivity index (χ0v) is 17.0. The van der Waals surface area contributed by atoms with Crippen molar-refractivity contribution in [3.05, 3.63) is 35.9 Å². The van der Waals surface area contributed by atoms with Gasteiger partial charge in [0.15, 0.2) is 9.84 Å². The number of nitrogens with one attached hydrogen (secondary N) is 1. The molecule has 0 radical (unpaired) electrons. The number of fused-ring (bicyclic) bond motifs is 5. The summed E-state index contributed by atoms with van der Waals surface area (Å²) >= 11 is 0. The van der Waals surface area contributed by atoms with E-state index in [0.717, 1.165) is 21.8 Å². The Balaban J connectivity index is 2.01. The number of benzene rings is 2. The van der Waals surface area contributed by atoms with Crippen LogP contribution in [0.3, 0.4) is 0 Å². The first-order chi connectivity index (χ1) is 13.7. The molecule has 0 fully saturated rings. The molecular weight excluding hydrogens is 394 g/mol. The highest BCUT2D eigenvalue weighted by atomic mass is 32.2. The van der Waals surface area contributed by atoms with E-state index in [9.17, 15) is 18.0 Å². The van der Waals surface area contributed by atoms with Crippen LogP contribution in [0.2, 0.25) is 0 Å². The topological polar surface area (TPSA) is 107 Å². The van der Waals surface area contributed by atoms with Crippen LogP contribution in [0.5, 0.6) is 0 Å². The molecule has 1 N–H and O–H groups in total. The molecule has 0 saturated heterocycles. The molecule has 0 unspecified atom stereocenters. The largest absolute Gasteiger partial charge is 0.378 e. The highest BCUT2D eigenvalue weighted by Gasteiger charge is 2.28. The molecule has 150 valence electrons. The van der Waals surface area contributed by atoms with E-state index in [0.29, 0.717) is 17.8 Å². The SMILES string of the molecule is CCn1c2ccc(S(C)(=O)=O)cc2c2c3c(ccc21)C(=O)C(=NOC(C)=O)CN3. The van der Waals surface area contributed by atoms with E-state index < -0.39 is 15.8 Å². The zero-order chi connectivity index (χ0) is 20.9. The third-order valence-electron chi connectivity index (χ3n) is 4.97. The summed E-state index contributed by atoms with van der Waals surface area (Å²) in [7, 11) is -3.38. The summed E-state index contributed by atoms with van der Waals surface area (Å²) in [6.45, 7) is 4.00. The van der Waals surface area contributed by atoms with Gasteiger partial charge in [-0.25, -0.2) is 13.2 Å². The molecule has 0 aliphatic carbocycles. The second kappa shape index (κ2) is 6.70. The second-order valence-electron chi connectivity index (χ2n) is 6.88. The zero-order valence-electron chi connectivity index (χ0n) is 16.1. The van der Waals surface area contributed by atoms with Crippen LogP contribution in [0.15, 0.2) is 40.4 Å². The molecule has 4 rings (SSSR count). The number of aromatic nitrogens is 1. The fraction of sp³-hybridized carbons (Fsp3) is 0.250. The third-order valence-corrected chi connectivity index (χ3v) is 6.08. The molecule has 29 heavy (non-hydrogen) atoms. The van der Waals surface area contributed by atoms with Crippen LogP contribution >= 0.6 is 0 Å². The van der Waals surface area contributed by atoms with Gasteiger partial charge in [0.2, 0.25) is 5.78 Å². The number of ketones is 1. The van der Waals surface area contributed by atoms with Gasteiger partial charge in [-0.1, -0.05) is 5.16 Å². The number of carbonyl (C=O) groups is 2. The first-order valence-electron chi connectivity index (χ1n) is 9.04. The van der Waals surface area contributed by atoms with Crippen molar-refractivity contribution in [1.29, 1.82) is 0 Å². The van der Waals surface area contributed by atoms with Gasteiger partial charge in [0, 0.05) is 41.6 Å². The van der Waals surface area contributed by atoms with Crippen molar-refractivity contribution in [2.45, 2.75) is 25.3 Å². The van der Waals surface area contributed by atoms with Gasteiger partial charge in [-0.3, -0.25) is 4.79 Å². The van der Waals surface area contributed by atoms with Crippen LogP contribution in [0.4, 0.5) is 5.69 Å². The maximum absolute atomic E-state index is 12.8. The standard InChI is InChI=1S/C20H19N3O5S/c1-4-23-16-7-5-12(29(3,26)27)9-14(16)18-17(23)8-6-13-19(18)21-10-15(20(13)25)22-28-11(2)24/h5-9,21H,4,10H2,1-3H3. The lowest BCUT2D eigenvalue weighted by Gasteiger charge is -2.19. The number of carbonyl (C=O) groups excluding carboxylic acids is 2. The molecule has 0 amide bonds. The first kappa shape index (κ1) is 19.1. The number of rotatable bonds is 3. The predicted octanol–water partition coefficient (Wildman–Crippen LogP) is 2.75. The average molecular weight is 413 g/mol. The van der Waals surface area contributed by atoms with Crippen molar-refractivity contribution in [3.8, 4) is 0 Å². The van der Waals surface area contributed by atoms with Gasteiger partial charge in [-0.15, -0.1) is 0 Å². The molecule has 3 aromatic rings. The van der Waals surface area contributed by atoms with Crippen molar-refractivity contribution in [1.82, 2.24) is 4.57 Å². The maximum Gasteiger partial charge on any atom is 0.331 e. The third kappa shape index (κ3) is 3.07. The first-order valence-corrected chi connectivity index (χ1v) is 10.9. The van der Waals surface area contributed by atoms with Crippen LogP contribution in [-0.4, -0.2) is 43.2 Å². The van der Waals surface area contributed by atoms with Gasteiger partial charge in [0.1, 0.15) is 5.71 Å². The van der Waals surface area contributed by atoms with Crippen LogP contribution < -0.4 is 5.32 Å². The van der Waals surface area contributed by atoms with E-state index in [4.69, 9.17) is 0 Å². The molecule has 8 nitrogen and oxygen atoms in total. The summed E-state index contributed by atoms with van der Waals surface area (Å²) in [6.07, 6.45) is 1.17. The lowest BCUT2D eigenvalue weighted by atomic mass is 9.97. The summed E-state index contributed by atoms with van der Waals surface area (Å²) in [5, 5.41) is 8.37. The number of hydrogen-bond donors (Lipinski definition) is 1. The Morgan fingerprint density at radius 2 is 1.97 bits per heavy atom. The van der Waals surface area contributed by atoms with Crippen molar-refractivity contribution < 1.29 is 22.8 Å². The molecule has 2 aromatic carbocycles. The Labute approximate surface area is 167 Å². The summed E-state index contributed by atoms with van der Waals surface area (Å²) in [5.41, 5.74) is 2.90. The fourth-order valence-corrected chi connectivity index (χ4v) is 4.36. The van der Waals surface area contributed by atoms with Crippen LogP contribution in [0, 0.1) is 0 Å². The number of aryl methyl sites for hydroxylation is 1. The minimum atomic E-state index is -3.38. The molecule has 9 heteroatoms. The molecular formula is C20H19N3O5S. The minimum Gasteiger partial charge on any atom is -0.378 e. The van der Waals surface area contributed by atoms with Gasteiger partial charge in [0.25, 0.3) is 0 Å². The number of hydrogen-bond acceptors (Lipinski definition) is 7. The Morgan fingerprint density at radius 3 is 2.62 bits per heavy atom. The molecule has 0 spiro atoms. The van der Waals surface area contributed by atoms with Crippen LogP contribution in [0.1, 0.15) is 24.2 Å². The summed E-state index contributed by atoms with van der Waals surface area (Å²) in [6, 6.07) is 8.58. The van der Waals surface area contributed by atoms with Crippen LogP contribution in [0.25, 0.3) is 21.8 Å². The van der Waals surface area contributed by atoms with Gasteiger partial charge in [0.05, 0.1) is 22.6 Å². The minimum absolute atomic E-state index is 0.1000. The molecule has 1 aliphatic heterocycles. The molecule has 0 saturated carbocycles. The maximum atomic E-state index is 12.8. The van der Waals surface area contributed by atoms with E-state index >= 15 is 0 Å². The van der Waals surface area contributed by atoms with E-state index in [1.165, 1.54) is 13.2 Å². The Bertz CT molecular complexity index is 1340. The monoisotopic (exact) mass is 413 g/mol. The molecule has 0 atom stereocenters. The van der Waals surface area contributed by atoms with Gasteiger partial charge in [-0.05, 0) is 37.3 Å². The Kier molecular flexibility index (Phi) is 4.42. The van der Waals surface area contributed by atoms with Crippen molar-refractivity contribution in [3.63, 3.8) is 0 Å². The molecule has 1 aliphatic rings. The number of anilines is 1. The van der Waals surface area contributed by atoms with Crippen molar-refractivity contribution in [2.24, 2.45) is 5.16 Å². The molecule has 2 heterocycles. The highest BCUT2D eigenvalue weighted by molar-refractivity contribution is 7.90. The highest BCUT2D eigenvalue weighted by Crippen LogP contribution is 2.39. The summed E-state index contributed by atoms with van der Waals surface area (Å²) < 4.78 is 26.2. The second-order valence-corrected chi connectivity index (χ2v) is 8.90. The molecule has 1 aromatic heterocycles. The number of Topliss-reactive ketones (excluding diaryl/α,β-unsaturated/α-hetero) is 1. The lowest BCUT2D eigenvalue weighted by Crippen LogP contribution is -2.30. The van der Waals surface area contributed by atoms with Gasteiger partial charge in [-0.2, -0.15) is 0 Å². The fourth-order valence-electron chi connectivity index (χ4n) is 3.71. The summed E-state index contributed by atoms with van der Waals surface area (Å²) in [5.74, 6) is -0.940. The van der Waals surface area contributed by atoms with Crippen LogP contribution in [-0.2, 0) is 26.0 Å². The van der Waals surface area contributed by atoms with E-state index in [-0.39, 0.29) is 22.9 Å². The van der Waals surface area contributed by atoms with Gasteiger partial charge < -0.3 is 14.7 Å². The lowest BCUT2D eigenvalue weighted by molar-refractivity contribution is -0.140. The van der Waals surface area contributed by atoms with E-state index in [1.807, 2.05) is 13.0 Å². The number of nitrogens with zero attached hydrogens (tertiary/aromatic N) is 2. The van der Waals surface area contributed by atoms with E-state index in [2.05, 4.69) is 19.9 Å². The normalized spacial score (nSPS) is 15.6. The summed E-state index contributed by atoms with van der Waals surface area (Å²) in [4.78, 5) is 28.7. The van der Waals surface area contributed by atoms with Gasteiger partial charge >= 0.3 is 5.97 Å². The smallest absolute Gasteiger partial charge is 0.331 e. The van der Waals surface area contributed by atoms with E-state index in [1.54, 1.807) is 24.3 Å².